The smallest absolute Gasteiger partial charge is 0.293 e. The number of aliphatic hydroxyl groups excluding tert-OH is 1. The third-order valence-corrected chi connectivity index (χ3v) is 14.2. The zero-order valence-electron chi connectivity index (χ0n) is 48.0. The van der Waals surface area contributed by atoms with Gasteiger partial charge in [-0.2, -0.15) is 5.26 Å². The van der Waals surface area contributed by atoms with E-state index in [2.05, 4.69) is 86.4 Å². The Kier molecular flexibility index (Phi) is 30.4. The maximum Gasteiger partial charge on any atom is 0.293 e. The topological polar surface area (TPSA) is 272 Å². The lowest BCUT2D eigenvalue weighted by atomic mass is 9.96. The van der Waals surface area contributed by atoms with Crippen LogP contribution in [0.25, 0.3) is 16.6 Å². The number of piperazine rings is 1. The van der Waals surface area contributed by atoms with Crippen molar-refractivity contribution in [3.05, 3.63) is 135 Å². The van der Waals surface area contributed by atoms with Crippen LogP contribution in [-0.2, 0) is 41.8 Å². The molecule has 4 aliphatic rings. The van der Waals surface area contributed by atoms with Gasteiger partial charge in [-0.05, 0) is 130 Å². The van der Waals surface area contributed by atoms with E-state index < -0.39 is 6.10 Å². The zero-order chi connectivity index (χ0) is 59.9. The highest BCUT2D eigenvalue weighted by molar-refractivity contribution is 6.31. The molecule has 3 fully saturated rings. The number of allylic oxidation sites excluding steroid dienone is 3. The summed E-state index contributed by atoms with van der Waals surface area (Å²) in [6.45, 7) is 14.5. The average molecular weight is 1140 g/mol. The van der Waals surface area contributed by atoms with Gasteiger partial charge in [0.05, 0.1) is 39.4 Å². The maximum atomic E-state index is 11.8. The number of aromatic hydroxyl groups is 1. The second-order valence-electron chi connectivity index (χ2n) is 19.6. The Balaban J connectivity index is 0.000000355. The van der Waals surface area contributed by atoms with Gasteiger partial charge in [0.15, 0.2) is 0 Å². The number of para-hydroxylation sites is 1. The number of phenolic OH excluding ortho intramolecular Hbond substituents is 1. The largest absolute Gasteiger partial charge is 0.508 e. The Labute approximate surface area is 482 Å². The molecular weight excluding hydrogens is 1050 g/mol. The van der Waals surface area contributed by atoms with E-state index in [1.807, 2.05) is 46.0 Å². The van der Waals surface area contributed by atoms with Crippen LogP contribution in [0, 0.1) is 17.2 Å². The molecule has 1 aliphatic carbocycles. The van der Waals surface area contributed by atoms with E-state index in [0.717, 1.165) is 122 Å². The number of likely N-dealkylation sites (tertiary alicyclic amines) is 1. The molecular formula is C61H83ClN10O9. The maximum absolute atomic E-state index is 11.8. The Morgan fingerprint density at radius 2 is 1.58 bits per heavy atom. The number of rotatable bonds is 15. The number of carboxylic acid groups (broad SMARTS) is 1. The van der Waals surface area contributed by atoms with Crippen molar-refractivity contribution >= 4 is 71.5 Å². The Morgan fingerprint density at radius 1 is 0.926 bits per heavy atom. The molecule has 0 spiro atoms. The number of phenols is 1. The number of likely N-dealkylation sites (N-methyl/N-ethyl adjacent to an activating group) is 1. The van der Waals surface area contributed by atoms with E-state index in [4.69, 9.17) is 53.1 Å². The summed E-state index contributed by atoms with van der Waals surface area (Å²) in [6.07, 6.45) is 15.0. The zero-order valence-corrected chi connectivity index (χ0v) is 48.7. The summed E-state index contributed by atoms with van der Waals surface area (Å²) < 4.78 is 4.83. The van der Waals surface area contributed by atoms with Crippen LogP contribution >= 0.6 is 11.6 Å². The lowest BCUT2D eigenvalue weighted by Gasteiger charge is -2.34. The monoisotopic (exact) mass is 1130 g/mol. The first-order valence-corrected chi connectivity index (χ1v) is 27.7. The SMILES string of the molecule is C/C(N)=C/C=C(\N)N1CCC(C=O)CC1.CC.CC(O)C(/C=C1/c2nc3ccc(N(C)c4ccccc4)c(CN4CCN(C)CC4)c3cc2CN1C)=C(/C=O)COC=O.N#Cc1ccc(O)cc1Cl.O=CNC1CCCCC1.O=CO. The minimum atomic E-state index is -0.933. The van der Waals surface area contributed by atoms with E-state index in [-0.39, 0.29) is 35.3 Å². The highest BCUT2D eigenvalue weighted by Gasteiger charge is 2.27. The number of nitrogens with two attached hydrogens (primary N) is 2. The number of nitrogens with zero attached hydrogens (tertiary/aromatic N) is 7. The Morgan fingerprint density at radius 3 is 2.14 bits per heavy atom. The second-order valence-corrected chi connectivity index (χ2v) is 20.0. The van der Waals surface area contributed by atoms with Gasteiger partial charge < -0.3 is 61.2 Å². The molecule has 1 saturated carbocycles. The normalized spacial score (nSPS) is 16.9. The van der Waals surface area contributed by atoms with Crippen molar-refractivity contribution < 1.29 is 44.0 Å². The van der Waals surface area contributed by atoms with E-state index in [9.17, 15) is 24.3 Å². The van der Waals surface area contributed by atoms with Crippen LogP contribution in [0.15, 0.2) is 108 Å². The van der Waals surface area contributed by atoms with Gasteiger partial charge in [0.2, 0.25) is 6.41 Å². The fourth-order valence-corrected chi connectivity index (χ4v) is 9.61. The Hall–Kier alpha value is -7.76. The van der Waals surface area contributed by atoms with E-state index in [1.165, 1.54) is 55.9 Å². The lowest BCUT2D eigenvalue weighted by Crippen LogP contribution is -2.44. The summed E-state index contributed by atoms with van der Waals surface area (Å²) >= 11 is 5.55. The number of ether oxygens (including phenoxy) is 1. The number of anilines is 2. The number of aliphatic hydroxyl groups is 1. The van der Waals surface area contributed by atoms with Crippen molar-refractivity contribution in [2.45, 2.75) is 97.9 Å². The van der Waals surface area contributed by atoms with E-state index in [0.29, 0.717) is 36.5 Å². The summed E-state index contributed by atoms with van der Waals surface area (Å²) in [6, 6.07) is 23.5. The van der Waals surface area contributed by atoms with Gasteiger partial charge in [-0.1, -0.05) is 62.9 Å². The van der Waals surface area contributed by atoms with Crippen molar-refractivity contribution in [3.8, 4) is 11.8 Å². The number of halogens is 1. The predicted molar refractivity (Wildman–Crippen MR) is 320 cm³/mol. The van der Waals surface area contributed by atoms with E-state index >= 15 is 0 Å². The third-order valence-electron chi connectivity index (χ3n) is 13.9. The summed E-state index contributed by atoms with van der Waals surface area (Å²) in [5, 5.41) is 38.8. The van der Waals surface area contributed by atoms with Gasteiger partial charge >= 0.3 is 0 Å². The summed E-state index contributed by atoms with van der Waals surface area (Å²) in [5.74, 6) is 1.01. The third kappa shape index (κ3) is 21.7. The lowest BCUT2D eigenvalue weighted by molar-refractivity contribution is -0.128. The molecule has 1 atom stereocenters. The van der Waals surface area contributed by atoms with Gasteiger partial charge in [-0.25, -0.2) is 4.98 Å². The molecule has 0 radical (unpaired) electrons. The number of fused-ring (bicyclic) bond motifs is 2. The molecule has 1 aromatic heterocycles. The number of nitrogens with one attached hydrogen (secondary N) is 1. The molecule has 8 rings (SSSR count). The summed E-state index contributed by atoms with van der Waals surface area (Å²) in [5.41, 5.74) is 20.2. The fourth-order valence-electron chi connectivity index (χ4n) is 9.39. The molecule has 4 aromatic rings. The highest BCUT2D eigenvalue weighted by atomic mass is 35.5. The summed E-state index contributed by atoms with van der Waals surface area (Å²) in [4.78, 5) is 67.9. The quantitative estimate of drug-likeness (QED) is 0.0375. The first kappa shape index (κ1) is 67.5. The molecule has 2 saturated heterocycles. The van der Waals surface area contributed by atoms with Crippen LogP contribution in [0.3, 0.4) is 0 Å². The molecule has 4 heterocycles. The molecule has 1 unspecified atom stereocenters. The number of amides is 1. The molecule has 0 bridgehead atoms. The van der Waals surface area contributed by atoms with Gasteiger partial charge in [0.25, 0.3) is 12.9 Å². The van der Waals surface area contributed by atoms with Crippen molar-refractivity contribution in [1.82, 2.24) is 29.9 Å². The van der Waals surface area contributed by atoms with Gasteiger partial charge in [0.1, 0.15) is 31.0 Å². The van der Waals surface area contributed by atoms with Crippen LogP contribution < -0.4 is 21.7 Å². The standard InChI is InChI=1S/C33H39N5O4.C11H19N3O.C7H4ClNO.C7H13NO.C2H6.CH2O2/c1-23(41)27(25(20-39)21-42-22-40)17-32-33-24(18-36(32)3)16-28-29(19-38-14-12-35(2)13-15-38)31(11-10-30(28)34-33)37(4)26-8-6-5-7-9-26;1-9(12)2-3-11(13)14-6-4-10(8-15)5-7-14;8-7-3-6(10)2-1-5(7)4-9;9-6-8-7-4-2-1-3-5-7;1-2;2-1-3/h5-11,16-17,20,22-23,41H,12-15,18-19,21H2,1-4H3;2-3,8,10H,4-7,12-13H2,1H3;1-3,10H;6-7H,1-5H2,(H,8,9);1-2H3;1H,(H,2,3)/b27-25-,32-17-;9-2-,11-3+;;;;. The summed E-state index contributed by atoms with van der Waals surface area (Å²) in [7, 11) is 6.26. The molecule has 438 valence electrons. The number of aromatic nitrogens is 1. The fraction of sp³-hybridized carbons (Fsp3) is 0.426. The van der Waals surface area contributed by atoms with Crippen LogP contribution in [-0.4, -0.2) is 151 Å². The average Bonchev–Trinajstić information content (AvgIpc) is 4.08. The number of nitriles is 1. The molecule has 3 aromatic carbocycles. The van der Waals surface area contributed by atoms with Gasteiger partial charge in [-0.15, -0.1) is 0 Å². The number of benzene rings is 3. The minimum Gasteiger partial charge on any atom is -0.508 e. The number of aldehydes is 2. The van der Waals surface area contributed by atoms with Crippen LogP contribution in [0.2, 0.25) is 5.02 Å². The number of pyridine rings is 1. The van der Waals surface area contributed by atoms with Crippen LogP contribution in [0.4, 0.5) is 11.4 Å². The number of carbonyl (C=O) groups excluding carboxylic acids is 4. The van der Waals surface area contributed by atoms with Crippen LogP contribution in [0.1, 0.15) is 95.0 Å². The van der Waals surface area contributed by atoms with Crippen molar-refractivity contribution in [3.63, 3.8) is 0 Å². The number of carbonyl (C=O) groups is 5. The minimum absolute atomic E-state index is 0.0731. The van der Waals surface area contributed by atoms with Gasteiger partial charge in [-0.3, -0.25) is 24.1 Å². The van der Waals surface area contributed by atoms with Gasteiger partial charge in [0, 0.05) is 106 Å². The van der Waals surface area contributed by atoms with Crippen molar-refractivity contribution in [1.29, 1.82) is 5.26 Å². The molecule has 8 N–H and O–H groups in total. The number of piperidine rings is 1. The Bertz CT molecular complexity index is 2790. The van der Waals surface area contributed by atoms with Crippen LogP contribution in [0.5, 0.6) is 5.75 Å². The highest BCUT2D eigenvalue weighted by Crippen LogP contribution is 2.39. The van der Waals surface area contributed by atoms with Crippen molar-refractivity contribution in [2.75, 3.05) is 71.9 Å². The molecule has 19 nitrogen and oxygen atoms in total. The second kappa shape index (κ2) is 36.5. The van der Waals surface area contributed by atoms with E-state index in [1.54, 1.807) is 19.1 Å². The van der Waals surface area contributed by atoms with Crippen molar-refractivity contribution in [2.24, 2.45) is 17.4 Å². The molecule has 1 amide bonds. The number of hydrogen-bond donors (Lipinski definition) is 6. The first-order valence-electron chi connectivity index (χ1n) is 27.3. The predicted octanol–water partition coefficient (Wildman–Crippen LogP) is 7.85. The first-order chi connectivity index (χ1) is 39.0. The molecule has 20 heteroatoms. The molecule has 3 aliphatic heterocycles. The number of hydrogen-bond acceptors (Lipinski definition) is 17. The molecule has 81 heavy (non-hydrogen) atoms.